The maximum Gasteiger partial charge on any atom is 0.322 e. The number of ether oxygens (including phenoxy) is 2. The molecule has 0 bridgehead atoms. The predicted molar refractivity (Wildman–Crippen MR) is 185 cm³/mol. The van der Waals surface area contributed by atoms with E-state index in [1.165, 1.54) is 25.7 Å². The van der Waals surface area contributed by atoms with E-state index >= 15 is 0 Å². The van der Waals surface area contributed by atoms with Crippen molar-refractivity contribution in [3.63, 3.8) is 0 Å². The Labute approximate surface area is 274 Å². The first-order chi connectivity index (χ1) is 22.5. The van der Waals surface area contributed by atoms with Crippen LogP contribution in [0.1, 0.15) is 88.2 Å². The van der Waals surface area contributed by atoms with Gasteiger partial charge in [0.15, 0.2) is 0 Å². The second-order valence-corrected chi connectivity index (χ2v) is 12.7. The van der Waals surface area contributed by atoms with Gasteiger partial charge in [-0.25, -0.2) is 9.59 Å². The fourth-order valence-corrected chi connectivity index (χ4v) is 6.83. The smallest absolute Gasteiger partial charge is 0.322 e. The average molecular weight is 627 g/mol. The average Bonchev–Trinajstić information content (AvgIpc) is 3.53. The van der Waals surface area contributed by atoms with Gasteiger partial charge in [-0.05, 0) is 85.3 Å². The normalized spacial score (nSPS) is 16.0. The van der Waals surface area contributed by atoms with E-state index in [1.54, 1.807) is 14.2 Å². The second kappa shape index (κ2) is 16.9. The van der Waals surface area contributed by atoms with E-state index in [1.807, 2.05) is 58.3 Å². The maximum atomic E-state index is 13.8. The SMILES string of the molecule is COc1ccc(NC(=O)N(Cc2cccc(CN(C(=O)Nc3ccc(OC)cc3)C3CCCCCC3)c2)C2CCCCCC2)cc1. The number of nitrogens with one attached hydrogen (secondary N) is 2. The van der Waals surface area contributed by atoms with Gasteiger partial charge in [-0.15, -0.1) is 0 Å². The highest BCUT2D eigenvalue weighted by atomic mass is 16.5. The molecule has 0 atom stereocenters. The lowest BCUT2D eigenvalue weighted by Crippen LogP contribution is -2.42. The van der Waals surface area contributed by atoms with Crippen molar-refractivity contribution in [2.45, 2.75) is 102 Å². The zero-order chi connectivity index (χ0) is 32.1. The molecule has 0 spiro atoms. The number of hydrogen-bond acceptors (Lipinski definition) is 4. The van der Waals surface area contributed by atoms with E-state index in [4.69, 9.17) is 9.47 Å². The number of benzene rings is 3. The highest BCUT2D eigenvalue weighted by Crippen LogP contribution is 2.28. The molecule has 8 heteroatoms. The standard InChI is InChI=1S/C38H50N4O4/c1-45-35-22-18-31(19-23-35)39-37(43)41(33-14-7-3-4-8-15-33)27-29-12-11-13-30(26-29)28-42(34-16-9-5-6-10-17-34)38(44)40-32-20-24-36(46-2)25-21-32/h11-13,18-26,33-34H,3-10,14-17,27-28H2,1-2H3,(H,39,43)(H,40,44). The molecule has 2 fully saturated rings. The van der Waals surface area contributed by atoms with Crippen molar-refractivity contribution >= 4 is 23.4 Å². The summed E-state index contributed by atoms with van der Waals surface area (Å²) in [7, 11) is 3.28. The Morgan fingerprint density at radius 2 is 0.957 bits per heavy atom. The summed E-state index contributed by atoms with van der Waals surface area (Å²) in [5, 5.41) is 6.27. The maximum absolute atomic E-state index is 13.8. The topological polar surface area (TPSA) is 83.1 Å². The zero-order valence-electron chi connectivity index (χ0n) is 27.5. The Hall–Kier alpha value is -4.20. The molecule has 8 nitrogen and oxygen atoms in total. The van der Waals surface area contributed by atoms with Gasteiger partial charge in [0.05, 0.1) is 14.2 Å². The minimum atomic E-state index is -0.0820. The molecule has 0 aliphatic heterocycles. The van der Waals surface area contributed by atoms with E-state index in [0.29, 0.717) is 13.1 Å². The number of rotatable bonds is 10. The first-order valence-corrected chi connectivity index (χ1v) is 17.0. The number of carbonyl (C=O) groups is 2. The molecule has 2 aliphatic rings. The van der Waals surface area contributed by atoms with Crippen molar-refractivity contribution < 1.29 is 19.1 Å². The van der Waals surface area contributed by atoms with Gasteiger partial charge < -0.3 is 29.9 Å². The lowest BCUT2D eigenvalue weighted by Gasteiger charge is -2.33. The highest BCUT2D eigenvalue weighted by molar-refractivity contribution is 5.90. The number of anilines is 2. The molecule has 2 N–H and O–H groups in total. The van der Waals surface area contributed by atoms with Crippen LogP contribution in [0.3, 0.4) is 0 Å². The van der Waals surface area contributed by atoms with Crippen LogP contribution in [0.15, 0.2) is 72.8 Å². The Morgan fingerprint density at radius 1 is 0.587 bits per heavy atom. The van der Waals surface area contributed by atoms with Crippen LogP contribution in [0.25, 0.3) is 0 Å². The van der Waals surface area contributed by atoms with Crippen LogP contribution in [-0.2, 0) is 13.1 Å². The summed E-state index contributed by atoms with van der Waals surface area (Å²) in [6.07, 6.45) is 13.5. The summed E-state index contributed by atoms with van der Waals surface area (Å²) in [6.45, 7) is 1.03. The van der Waals surface area contributed by atoms with Crippen LogP contribution in [0.2, 0.25) is 0 Å². The van der Waals surface area contributed by atoms with Crippen LogP contribution in [-0.4, -0.2) is 48.2 Å². The molecule has 2 aliphatic carbocycles. The van der Waals surface area contributed by atoms with E-state index in [2.05, 4.69) is 34.9 Å². The molecule has 246 valence electrons. The minimum Gasteiger partial charge on any atom is -0.497 e. The number of urea groups is 2. The number of amides is 4. The zero-order valence-corrected chi connectivity index (χ0v) is 27.5. The van der Waals surface area contributed by atoms with Crippen molar-refractivity contribution in [2.24, 2.45) is 0 Å². The van der Waals surface area contributed by atoms with E-state index < -0.39 is 0 Å². The van der Waals surface area contributed by atoms with E-state index in [0.717, 1.165) is 85.4 Å². The molecule has 0 saturated heterocycles. The van der Waals surface area contributed by atoms with Gasteiger partial charge in [-0.1, -0.05) is 75.6 Å². The Kier molecular flexibility index (Phi) is 12.2. The van der Waals surface area contributed by atoms with Crippen molar-refractivity contribution in [3.05, 3.63) is 83.9 Å². The van der Waals surface area contributed by atoms with Gasteiger partial charge in [0.1, 0.15) is 11.5 Å². The van der Waals surface area contributed by atoms with Crippen LogP contribution in [0.4, 0.5) is 21.0 Å². The van der Waals surface area contributed by atoms with E-state index in [-0.39, 0.29) is 24.1 Å². The minimum absolute atomic E-state index is 0.0820. The molecule has 2 saturated carbocycles. The summed E-state index contributed by atoms with van der Waals surface area (Å²) >= 11 is 0. The first kappa shape index (κ1) is 33.2. The summed E-state index contributed by atoms with van der Waals surface area (Å²) in [5.74, 6) is 1.51. The summed E-state index contributed by atoms with van der Waals surface area (Å²) in [6, 6.07) is 23.6. The van der Waals surface area contributed by atoms with Crippen LogP contribution in [0, 0.1) is 0 Å². The summed E-state index contributed by atoms with van der Waals surface area (Å²) in [4.78, 5) is 31.6. The number of carbonyl (C=O) groups excluding carboxylic acids is 2. The third-order valence-electron chi connectivity index (χ3n) is 9.43. The Morgan fingerprint density at radius 3 is 1.30 bits per heavy atom. The molecule has 3 aromatic carbocycles. The molecule has 3 aromatic rings. The molecule has 46 heavy (non-hydrogen) atoms. The molecule has 0 aromatic heterocycles. The van der Waals surface area contributed by atoms with Gasteiger partial charge in [0, 0.05) is 36.5 Å². The molecule has 0 radical (unpaired) electrons. The Bertz CT molecular complexity index is 1280. The molecule has 5 rings (SSSR count). The number of methoxy groups -OCH3 is 2. The van der Waals surface area contributed by atoms with Gasteiger partial charge in [0.2, 0.25) is 0 Å². The van der Waals surface area contributed by atoms with E-state index in [9.17, 15) is 9.59 Å². The van der Waals surface area contributed by atoms with Crippen LogP contribution >= 0.6 is 0 Å². The van der Waals surface area contributed by atoms with Gasteiger partial charge in [-0.3, -0.25) is 0 Å². The van der Waals surface area contributed by atoms with Gasteiger partial charge >= 0.3 is 12.1 Å². The molecule has 4 amide bonds. The molecule has 0 heterocycles. The van der Waals surface area contributed by atoms with Crippen molar-refractivity contribution in [1.82, 2.24) is 9.80 Å². The monoisotopic (exact) mass is 626 g/mol. The third kappa shape index (κ3) is 9.41. The number of hydrogen-bond donors (Lipinski definition) is 2. The highest BCUT2D eigenvalue weighted by Gasteiger charge is 2.27. The summed E-state index contributed by atoms with van der Waals surface area (Å²) < 4.78 is 10.6. The fraction of sp³-hybridized carbons (Fsp3) is 0.474. The van der Waals surface area contributed by atoms with Gasteiger partial charge in [-0.2, -0.15) is 0 Å². The molecule has 0 unspecified atom stereocenters. The second-order valence-electron chi connectivity index (χ2n) is 12.7. The summed E-state index contributed by atoms with van der Waals surface area (Å²) in [5.41, 5.74) is 3.64. The Balaban J connectivity index is 1.34. The predicted octanol–water partition coefficient (Wildman–Crippen LogP) is 9.22. The quantitative estimate of drug-likeness (QED) is 0.220. The largest absolute Gasteiger partial charge is 0.497 e. The third-order valence-corrected chi connectivity index (χ3v) is 9.43. The number of nitrogens with zero attached hydrogens (tertiary/aromatic N) is 2. The lowest BCUT2D eigenvalue weighted by atomic mass is 10.0. The molecular formula is C38H50N4O4. The van der Waals surface area contributed by atoms with Crippen molar-refractivity contribution in [2.75, 3.05) is 24.9 Å². The van der Waals surface area contributed by atoms with Gasteiger partial charge in [0.25, 0.3) is 0 Å². The molecular weight excluding hydrogens is 576 g/mol. The fourth-order valence-electron chi connectivity index (χ4n) is 6.83. The first-order valence-electron chi connectivity index (χ1n) is 17.0. The van der Waals surface area contributed by atoms with Crippen molar-refractivity contribution in [1.29, 1.82) is 0 Å². The van der Waals surface area contributed by atoms with Crippen molar-refractivity contribution in [3.8, 4) is 11.5 Å². The lowest BCUT2D eigenvalue weighted by molar-refractivity contribution is 0.174. The van der Waals surface area contributed by atoms with Crippen LogP contribution < -0.4 is 20.1 Å². The van der Waals surface area contributed by atoms with Crippen LogP contribution in [0.5, 0.6) is 11.5 Å².